The molecule has 1 fully saturated rings. The molecule has 4 aliphatic rings. The van der Waals surface area contributed by atoms with Gasteiger partial charge in [-0.15, -0.1) is 0 Å². The number of aromatic hydroxyl groups is 1. The number of benzene rings is 1. The second kappa shape index (κ2) is 10.6. The van der Waals surface area contributed by atoms with Crippen LogP contribution in [0.3, 0.4) is 0 Å². The minimum absolute atomic E-state index is 0.0407. The number of halogens is 1. The number of unbranched alkanes of at least 4 members (excludes halogenated alkanes) is 2. The Bertz CT molecular complexity index is 1390. The fourth-order valence-electron chi connectivity index (χ4n) is 6.48. The molecule has 39 heavy (non-hydrogen) atoms. The van der Waals surface area contributed by atoms with Gasteiger partial charge in [-0.2, -0.15) is 0 Å². The number of imide groups is 1. The Morgan fingerprint density at radius 2 is 1.87 bits per heavy atom. The molecule has 4 unspecified atom stereocenters. The Labute approximate surface area is 233 Å². The van der Waals surface area contributed by atoms with Crippen molar-refractivity contribution < 1.29 is 38.9 Å². The van der Waals surface area contributed by atoms with E-state index in [1.165, 1.54) is 24.2 Å². The van der Waals surface area contributed by atoms with Crippen LogP contribution in [0.1, 0.15) is 50.0 Å². The van der Waals surface area contributed by atoms with Gasteiger partial charge >= 0.3 is 5.97 Å². The third-order valence-corrected chi connectivity index (χ3v) is 8.82. The molecule has 1 heterocycles. The predicted octanol–water partition coefficient (Wildman–Crippen LogP) is 3.81. The van der Waals surface area contributed by atoms with E-state index in [1.807, 2.05) is 6.08 Å². The minimum atomic E-state index is -0.879. The lowest BCUT2D eigenvalue weighted by Crippen LogP contribution is -2.39. The first-order chi connectivity index (χ1) is 18.6. The summed E-state index contributed by atoms with van der Waals surface area (Å²) in [7, 11) is 1.43. The molecular weight excluding hydrogens is 570 g/mol. The summed E-state index contributed by atoms with van der Waals surface area (Å²) >= 11 is 3.21. The van der Waals surface area contributed by atoms with Gasteiger partial charge in [-0.05, 0) is 65.2 Å². The number of carboxylic acid groups (broad SMARTS) is 1. The zero-order valence-corrected chi connectivity index (χ0v) is 22.9. The van der Waals surface area contributed by atoms with E-state index < -0.39 is 29.6 Å². The van der Waals surface area contributed by atoms with Gasteiger partial charge < -0.3 is 14.9 Å². The summed E-state index contributed by atoms with van der Waals surface area (Å²) in [4.78, 5) is 65.5. The largest absolute Gasteiger partial charge is 0.504 e. The van der Waals surface area contributed by atoms with Crippen LogP contribution in [-0.4, -0.2) is 58.1 Å². The number of carbonyl (C=O) groups is 5. The fourth-order valence-corrected chi connectivity index (χ4v) is 6.93. The average Bonchev–Trinajstić information content (AvgIpc) is 3.15. The minimum Gasteiger partial charge on any atom is -0.504 e. The zero-order chi connectivity index (χ0) is 28.0. The van der Waals surface area contributed by atoms with E-state index in [4.69, 9.17) is 9.84 Å². The molecule has 5 rings (SSSR count). The van der Waals surface area contributed by atoms with Gasteiger partial charge in [0.1, 0.15) is 0 Å². The van der Waals surface area contributed by atoms with Crippen molar-refractivity contribution >= 4 is 45.3 Å². The maximum absolute atomic E-state index is 13.7. The number of Topliss-reactive ketones (excluding diaryl/α,β-unsaturated/α-hetero) is 1. The van der Waals surface area contributed by atoms with Crippen molar-refractivity contribution in [1.29, 1.82) is 0 Å². The lowest BCUT2D eigenvalue weighted by Gasteiger charge is -2.42. The van der Waals surface area contributed by atoms with E-state index in [1.54, 1.807) is 12.1 Å². The van der Waals surface area contributed by atoms with Crippen molar-refractivity contribution in [3.05, 3.63) is 57.1 Å². The molecule has 9 nitrogen and oxygen atoms in total. The van der Waals surface area contributed by atoms with E-state index in [-0.39, 0.29) is 58.7 Å². The van der Waals surface area contributed by atoms with Gasteiger partial charge in [-0.3, -0.25) is 28.9 Å². The Balaban J connectivity index is 1.50. The maximum atomic E-state index is 13.7. The molecule has 2 N–H and O–H groups in total. The van der Waals surface area contributed by atoms with Gasteiger partial charge in [0.15, 0.2) is 23.1 Å². The van der Waals surface area contributed by atoms with Crippen LogP contribution in [0.4, 0.5) is 0 Å². The maximum Gasteiger partial charge on any atom is 0.303 e. The third-order valence-electron chi connectivity index (χ3n) is 8.23. The van der Waals surface area contributed by atoms with E-state index >= 15 is 0 Å². The number of carbonyl (C=O) groups excluding carboxylic acids is 4. The van der Waals surface area contributed by atoms with Crippen molar-refractivity contribution in [2.75, 3.05) is 13.7 Å². The van der Waals surface area contributed by atoms with Crippen molar-refractivity contribution in [3.8, 4) is 11.5 Å². The molecule has 1 aromatic carbocycles. The van der Waals surface area contributed by atoms with Crippen LogP contribution < -0.4 is 4.74 Å². The fraction of sp³-hybridized carbons (Fsp3) is 0.414. The van der Waals surface area contributed by atoms with Gasteiger partial charge in [-0.1, -0.05) is 24.1 Å². The van der Waals surface area contributed by atoms with Crippen LogP contribution in [0.25, 0.3) is 0 Å². The van der Waals surface area contributed by atoms with Gasteiger partial charge in [-0.25, -0.2) is 0 Å². The number of phenols is 1. The number of ketones is 2. The van der Waals surface area contributed by atoms with Crippen LogP contribution >= 0.6 is 15.9 Å². The number of hydrogen-bond acceptors (Lipinski definition) is 7. The van der Waals surface area contributed by atoms with Gasteiger partial charge in [0.05, 0.1) is 23.4 Å². The highest BCUT2D eigenvalue weighted by Gasteiger charge is 2.56. The molecule has 1 saturated heterocycles. The number of likely N-dealkylation sites (tertiary alicyclic amines) is 1. The number of amides is 2. The molecule has 1 aliphatic heterocycles. The van der Waals surface area contributed by atoms with Crippen LogP contribution in [-0.2, 0) is 24.0 Å². The number of aliphatic carboxylic acids is 1. The first kappa shape index (κ1) is 27.1. The first-order valence-corrected chi connectivity index (χ1v) is 13.8. The van der Waals surface area contributed by atoms with Crippen LogP contribution in [0.5, 0.6) is 11.5 Å². The lowest BCUT2D eigenvalue weighted by atomic mass is 9.59. The van der Waals surface area contributed by atoms with E-state index in [0.29, 0.717) is 42.4 Å². The Hall–Kier alpha value is -3.53. The lowest BCUT2D eigenvalue weighted by molar-refractivity contribution is -0.141. The molecule has 3 aliphatic carbocycles. The molecule has 0 aromatic heterocycles. The number of ether oxygens (including phenoxy) is 1. The summed E-state index contributed by atoms with van der Waals surface area (Å²) in [5, 5.41) is 19.4. The molecule has 0 spiro atoms. The SMILES string of the molecule is COc1ccc(C2C3=CCC4C(=O)N(CCCCCC(=O)O)C(=O)C4C3CC3=C2C(=O)C=C(Br)C3=O)cc1O. The topological polar surface area (TPSA) is 138 Å². The molecule has 0 saturated carbocycles. The van der Waals surface area contributed by atoms with Crippen LogP contribution in [0.2, 0.25) is 0 Å². The number of allylic oxidation sites excluding steroid dienone is 6. The van der Waals surface area contributed by atoms with Crippen molar-refractivity contribution in [3.63, 3.8) is 0 Å². The Kier molecular flexibility index (Phi) is 7.33. The number of methoxy groups -OCH3 is 1. The number of rotatable bonds is 8. The monoisotopic (exact) mass is 597 g/mol. The number of hydrogen-bond donors (Lipinski definition) is 2. The standard InChI is InChI=1S/C29H28BrNO8/c1-39-22-9-6-14(11-20(22)32)24-15-7-8-16-25(17(15)12-18-26(24)21(33)13-19(30)27(18)36)29(38)31(28(16)37)10-4-2-3-5-23(34)35/h6-7,9,11,13,16-17,24-25,32H,2-5,8,10,12H2,1H3,(H,34,35). The average molecular weight is 598 g/mol. The number of phenolic OH excluding ortho intramolecular Hbond substituents is 1. The number of fused-ring (bicyclic) bond motifs is 3. The second-order valence-corrected chi connectivity index (χ2v) is 11.2. The summed E-state index contributed by atoms with van der Waals surface area (Å²) in [5.74, 6) is -4.21. The molecule has 1 aromatic rings. The molecular formula is C29H28BrNO8. The van der Waals surface area contributed by atoms with E-state index in [9.17, 15) is 29.1 Å². The molecule has 204 valence electrons. The summed E-state index contributed by atoms with van der Waals surface area (Å²) in [6.45, 7) is 0.224. The van der Waals surface area contributed by atoms with Crippen LogP contribution in [0.15, 0.2) is 51.6 Å². The smallest absolute Gasteiger partial charge is 0.303 e. The van der Waals surface area contributed by atoms with E-state index in [0.717, 1.165) is 5.57 Å². The molecule has 4 atom stereocenters. The molecule has 0 radical (unpaired) electrons. The third kappa shape index (κ3) is 4.64. The summed E-state index contributed by atoms with van der Waals surface area (Å²) in [6.07, 6.45) is 5.30. The second-order valence-electron chi connectivity index (χ2n) is 10.4. The first-order valence-electron chi connectivity index (χ1n) is 13.0. The Morgan fingerprint density at radius 3 is 2.56 bits per heavy atom. The zero-order valence-electron chi connectivity index (χ0n) is 21.3. The van der Waals surface area contributed by atoms with Gasteiger partial charge in [0, 0.05) is 36.1 Å². The normalized spacial score (nSPS) is 26.2. The predicted molar refractivity (Wildman–Crippen MR) is 142 cm³/mol. The summed E-state index contributed by atoms with van der Waals surface area (Å²) < 4.78 is 5.33. The Morgan fingerprint density at radius 1 is 1.10 bits per heavy atom. The molecule has 10 heteroatoms. The van der Waals surface area contributed by atoms with Crippen molar-refractivity contribution in [2.45, 2.75) is 44.4 Å². The quantitative estimate of drug-likeness (QED) is 0.200. The van der Waals surface area contributed by atoms with Gasteiger partial charge in [0.2, 0.25) is 11.8 Å². The van der Waals surface area contributed by atoms with Crippen LogP contribution in [0, 0.1) is 17.8 Å². The van der Waals surface area contributed by atoms with E-state index in [2.05, 4.69) is 15.9 Å². The summed E-state index contributed by atoms with van der Waals surface area (Å²) in [5.41, 5.74) is 2.05. The number of nitrogens with zero attached hydrogens (tertiary/aromatic N) is 1. The van der Waals surface area contributed by atoms with Gasteiger partial charge in [0.25, 0.3) is 0 Å². The molecule has 0 bridgehead atoms. The highest BCUT2D eigenvalue weighted by molar-refractivity contribution is 9.12. The number of carboxylic acids is 1. The summed E-state index contributed by atoms with van der Waals surface area (Å²) in [6, 6.07) is 4.84. The van der Waals surface area contributed by atoms with Crippen molar-refractivity contribution in [1.82, 2.24) is 4.90 Å². The van der Waals surface area contributed by atoms with Crippen molar-refractivity contribution in [2.24, 2.45) is 17.8 Å². The molecule has 2 amide bonds. The highest BCUT2D eigenvalue weighted by atomic mass is 79.9. The highest BCUT2D eigenvalue weighted by Crippen LogP contribution is 2.55.